The number of hydrogen-bond acceptors (Lipinski definition) is 4. The molecule has 0 saturated carbocycles. The topological polar surface area (TPSA) is 55.3 Å². The number of aryl methyl sites for hydroxylation is 2. The molecular weight excluding hydrogens is 266 g/mol. The van der Waals surface area contributed by atoms with Crippen molar-refractivity contribution in [3.63, 3.8) is 0 Å². The molecule has 3 rings (SSSR count). The standard InChI is InChI=1S/C16H23N3O2/c1-11-9-12(2)18-15(17-11)14-3-6-19(10-14)16(20)13-4-7-21-8-5-13/h9,13-14H,3-8,10H2,1-2H3/t14-/m1/s1. The number of nitrogens with zero attached hydrogens (tertiary/aromatic N) is 3. The van der Waals surface area contributed by atoms with E-state index in [1.54, 1.807) is 0 Å². The Hall–Kier alpha value is -1.49. The zero-order valence-electron chi connectivity index (χ0n) is 12.8. The number of aromatic nitrogens is 2. The summed E-state index contributed by atoms with van der Waals surface area (Å²) < 4.78 is 5.34. The molecule has 2 aliphatic heterocycles. The molecule has 5 heteroatoms. The van der Waals surface area contributed by atoms with Gasteiger partial charge in [0.2, 0.25) is 5.91 Å². The summed E-state index contributed by atoms with van der Waals surface area (Å²) >= 11 is 0. The van der Waals surface area contributed by atoms with Crippen molar-refractivity contribution in [2.45, 2.75) is 39.0 Å². The summed E-state index contributed by atoms with van der Waals surface area (Å²) in [6.45, 7) is 7.02. The van der Waals surface area contributed by atoms with E-state index < -0.39 is 0 Å². The fourth-order valence-electron chi connectivity index (χ4n) is 3.31. The van der Waals surface area contributed by atoms with Crippen LogP contribution >= 0.6 is 0 Å². The Labute approximate surface area is 125 Å². The van der Waals surface area contributed by atoms with Gasteiger partial charge in [-0.3, -0.25) is 4.79 Å². The molecule has 0 aromatic carbocycles. The fourth-order valence-corrected chi connectivity index (χ4v) is 3.31. The third-order valence-electron chi connectivity index (χ3n) is 4.44. The van der Waals surface area contributed by atoms with Gasteiger partial charge in [-0.1, -0.05) is 0 Å². The maximum Gasteiger partial charge on any atom is 0.225 e. The lowest BCUT2D eigenvalue weighted by Crippen LogP contribution is -2.37. The molecule has 0 radical (unpaired) electrons. The average molecular weight is 289 g/mol. The van der Waals surface area contributed by atoms with Crippen molar-refractivity contribution in [2.75, 3.05) is 26.3 Å². The van der Waals surface area contributed by atoms with Gasteiger partial charge in [0.15, 0.2) is 0 Å². The van der Waals surface area contributed by atoms with Crippen LogP contribution < -0.4 is 0 Å². The molecule has 21 heavy (non-hydrogen) atoms. The van der Waals surface area contributed by atoms with Crippen LogP contribution in [-0.4, -0.2) is 47.1 Å². The number of likely N-dealkylation sites (tertiary alicyclic amines) is 1. The summed E-state index contributed by atoms with van der Waals surface area (Å²) in [5.74, 6) is 1.63. The van der Waals surface area contributed by atoms with Crippen LogP contribution in [0.25, 0.3) is 0 Å². The van der Waals surface area contributed by atoms with Crippen LogP contribution in [0.4, 0.5) is 0 Å². The molecule has 1 amide bonds. The zero-order chi connectivity index (χ0) is 14.8. The zero-order valence-corrected chi connectivity index (χ0v) is 12.8. The lowest BCUT2D eigenvalue weighted by atomic mass is 9.99. The predicted molar refractivity (Wildman–Crippen MR) is 79.0 cm³/mol. The molecule has 0 unspecified atom stereocenters. The molecule has 0 bridgehead atoms. The number of ether oxygens (including phenoxy) is 1. The average Bonchev–Trinajstić information content (AvgIpc) is 2.96. The number of carbonyl (C=O) groups excluding carboxylic acids is 1. The molecule has 0 N–H and O–H groups in total. The van der Waals surface area contributed by atoms with Crippen LogP contribution in [0, 0.1) is 19.8 Å². The van der Waals surface area contributed by atoms with E-state index in [0.29, 0.717) is 19.1 Å². The Bertz CT molecular complexity index is 506. The van der Waals surface area contributed by atoms with Gasteiger partial charge in [0.25, 0.3) is 0 Å². The van der Waals surface area contributed by atoms with Crippen LogP contribution in [0.1, 0.15) is 42.4 Å². The summed E-state index contributed by atoms with van der Waals surface area (Å²) in [7, 11) is 0. The number of carbonyl (C=O) groups is 1. The van der Waals surface area contributed by atoms with Crippen LogP contribution in [0.15, 0.2) is 6.07 Å². The second kappa shape index (κ2) is 6.10. The third-order valence-corrected chi connectivity index (χ3v) is 4.44. The molecule has 0 spiro atoms. The predicted octanol–water partition coefficient (Wildman–Crippen LogP) is 1.84. The van der Waals surface area contributed by atoms with Crippen LogP contribution in [0.5, 0.6) is 0 Å². The van der Waals surface area contributed by atoms with E-state index in [2.05, 4.69) is 9.97 Å². The van der Waals surface area contributed by atoms with Gasteiger partial charge in [-0.25, -0.2) is 9.97 Å². The second-order valence-electron chi connectivity index (χ2n) is 6.17. The number of rotatable bonds is 2. The molecule has 2 aliphatic rings. The first kappa shape index (κ1) is 14.4. The van der Waals surface area contributed by atoms with Crippen molar-refractivity contribution in [3.05, 3.63) is 23.3 Å². The molecule has 1 atom stereocenters. The van der Waals surface area contributed by atoms with Crippen molar-refractivity contribution >= 4 is 5.91 Å². The minimum Gasteiger partial charge on any atom is -0.381 e. The van der Waals surface area contributed by atoms with Crippen molar-refractivity contribution in [2.24, 2.45) is 5.92 Å². The van der Waals surface area contributed by atoms with E-state index in [-0.39, 0.29) is 11.8 Å². The van der Waals surface area contributed by atoms with Gasteiger partial charge in [-0.05, 0) is 39.2 Å². The Morgan fingerprint density at radius 1 is 1.19 bits per heavy atom. The summed E-state index contributed by atoms with van der Waals surface area (Å²) in [5, 5.41) is 0. The van der Waals surface area contributed by atoms with E-state index in [1.807, 2.05) is 24.8 Å². The Balaban J connectivity index is 1.65. The summed E-state index contributed by atoms with van der Waals surface area (Å²) in [6.07, 6.45) is 2.69. The maximum atomic E-state index is 12.5. The minimum atomic E-state index is 0.151. The van der Waals surface area contributed by atoms with Crippen LogP contribution in [0.2, 0.25) is 0 Å². The minimum absolute atomic E-state index is 0.151. The Morgan fingerprint density at radius 3 is 2.52 bits per heavy atom. The molecular formula is C16H23N3O2. The third kappa shape index (κ3) is 3.23. The normalized spacial score (nSPS) is 23.5. The molecule has 2 fully saturated rings. The van der Waals surface area contributed by atoms with Gasteiger partial charge >= 0.3 is 0 Å². The highest BCUT2D eigenvalue weighted by atomic mass is 16.5. The van der Waals surface area contributed by atoms with Gasteiger partial charge in [0, 0.05) is 49.5 Å². The van der Waals surface area contributed by atoms with Crippen LogP contribution in [0.3, 0.4) is 0 Å². The van der Waals surface area contributed by atoms with Gasteiger partial charge in [-0.2, -0.15) is 0 Å². The number of amides is 1. The highest BCUT2D eigenvalue weighted by molar-refractivity contribution is 5.79. The molecule has 5 nitrogen and oxygen atoms in total. The fraction of sp³-hybridized carbons (Fsp3) is 0.688. The Morgan fingerprint density at radius 2 is 1.86 bits per heavy atom. The summed E-state index contributed by atoms with van der Waals surface area (Å²) in [4.78, 5) is 23.6. The SMILES string of the molecule is Cc1cc(C)nc([C@@H]2CCN(C(=O)C3CCOCC3)C2)n1. The second-order valence-corrected chi connectivity index (χ2v) is 6.17. The first-order valence-corrected chi connectivity index (χ1v) is 7.82. The maximum absolute atomic E-state index is 12.5. The lowest BCUT2D eigenvalue weighted by molar-refractivity contribution is -0.137. The van der Waals surface area contributed by atoms with E-state index in [0.717, 1.165) is 49.6 Å². The molecule has 0 aliphatic carbocycles. The van der Waals surface area contributed by atoms with Crippen molar-refractivity contribution in [1.82, 2.24) is 14.9 Å². The van der Waals surface area contributed by atoms with Gasteiger partial charge in [0.1, 0.15) is 5.82 Å². The van der Waals surface area contributed by atoms with E-state index >= 15 is 0 Å². The summed E-state index contributed by atoms with van der Waals surface area (Å²) in [5.41, 5.74) is 2.01. The van der Waals surface area contributed by atoms with Crippen molar-refractivity contribution in [3.8, 4) is 0 Å². The first-order chi connectivity index (χ1) is 10.1. The largest absolute Gasteiger partial charge is 0.381 e. The molecule has 1 aromatic heterocycles. The lowest BCUT2D eigenvalue weighted by Gasteiger charge is -2.26. The van der Waals surface area contributed by atoms with E-state index in [9.17, 15) is 4.79 Å². The highest BCUT2D eigenvalue weighted by Gasteiger charge is 2.33. The number of hydrogen-bond donors (Lipinski definition) is 0. The smallest absolute Gasteiger partial charge is 0.225 e. The molecule has 114 valence electrons. The van der Waals surface area contributed by atoms with Crippen LogP contribution in [-0.2, 0) is 9.53 Å². The first-order valence-electron chi connectivity index (χ1n) is 7.82. The highest BCUT2D eigenvalue weighted by Crippen LogP contribution is 2.28. The quantitative estimate of drug-likeness (QED) is 0.833. The van der Waals surface area contributed by atoms with E-state index in [1.165, 1.54) is 0 Å². The molecule has 1 aromatic rings. The Kier molecular flexibility index (Phi) is 4.19. The van der Waals surface area contributed by atoms with Gasteiger partial charge in [0.05, 0.1) is 0 Å². The van der Waals surface area contributed by atoms with Gasteiger partial charge in [-0.15, -0.1) is 0 Å². The summed E-state index contributed by atoms with van der Waals surface area (Å²) in [6, 6.07) is 1.99. The van der Waals surface area contributed by atoms with Crippen molar-refractivity contribution < 1.29 is 9.53 Å². The van der Waals surface area contributed by atoms with Crippen molar-refractivity contribution in [1.29, 1.82) is 0 Å². The van der Waals surface area contributed by atoms with Gasteiger partial charge < -0.3 is 9.64 Å². The monoisotopic (exact) mass is 289 g/mol. The van der Waals surface area contributed by atoms with E-state index in [4.69, 9.17) is 4.74 Å². The molecule has 3 heterocycles. The molecule has 2 saturated heterocycles.